The first-order valence-electron chi connectivity index (χ1n) is 14.2. The van der Waals surface area contributed by atoms with Crippen LogP contribution in [0.1, 0.15) is 89.5 Å². The lowest BCUT2D eigenvalue weighted by Crippen LogP contribution is -2.62. The van der Waals surface area contributed by atoms with E-state index in [4.69, 9.17) is 8.85 Å². The summed E-state index contributed by atoms with van der Waals surface area (Å²) >= 11 is 0. The molecule has 0 spiro atoms. The van der Waals surface area contributed by atoms with E-state index in [0.29, 0.717) is 0 Å². The van der Waals surface area contributed by atoms with Gasteiger partial charge in [0.15, 0.2) is 16.6 Å². The number of hydrogen-bond donors (Lipinski definition) is 0. The minimum Gasteiger partial charge on any atom is -0.414 e. The Balaban J connectivity index is 2.72. The lowest BCUT2D eigenvalue weighted by molar-refractivity contribution is -0.133. The Kier molecular flexibility index (Phi) is 9.02. The van der Waals surface area contributed by atoms with E-state index in [-0.39, 0.29) is 51.4 Å². The Morgan fingerprint density at radius 3 is 1.86 bits per heavy atom. The zero-order valence-corrected chi connectivity index (χ0v) is 28.6. The molecule has 0 aromatic rings. The first kappa shape index (κ1) is 31.7. The maximum Gasteiger partial charge on any atom is 0.192 e. The molecule has 1 fully saturated rings. The number of rotatable bonds is 6. The Bertz CT molecular complexity index is 882. The van der Waals surface area contributed by atoms with E-state index in [1.54, 1.807) is 0 Å². The monoisotopic (exact) mass is 534 g/mol. The van der Waals surface area contributed by atoms with Gasteiger partial charge in [-0.3, -0.25) is 0 Å². The highest BCUT2D eigenvalue weighted by atomic mass is 28.4. The summed E-state index contributed by atoms with van der Waals surface area (Å²) in [6, 6.07) is 0. The molecule has 0 aliphatic heterocycles. The quantitative estimate of drug-likeness (QED) is 0.193. The molecule has 0 saturated heterocycles. The molecule has 1 saturated carbocycles. The average molecular weight is 535 g/mol. The second kappa shape index (κ2) is 10.2. The molecule has 2 aliphatic rings. The smallest absolute Gasteiger partial charge is 0.192 e. The maximum atomic E-state index is 13.0. The van der Waals surface area contributed by atoms with E-state index < -0.39 is 16.6 Å². The number of carbonyl (C=O) groups is 1. The van der Waals surface area contributed by atoms with E-state index in [1.165, 1.54) is 23.0 Å². The molecule has 5 heteroatoms. The number of allylic oxidation sites excluding steroid dienone is 3. The fraction of sp³-hybridized carbons (Fsp3) is 0.839. The van der Waals surface area contributed by atoms with Gasteiger partial charge in [-0.15, -0.1) is 0 Å². The maximum absolute atomic E-state index is 13.0. The SMILES string of the molecule is CC1=C[C@@]2(C)[C@H]([C@@H](C)[C@H](O[Si](C)(C)C(C)(C)C)C[C@H]2O[Si](C)(C)C(C)(C)C)[C@@H](C=O)[C@@H]1C(C)=C(C)C. The topological polar surface area (TPSA) is 35.5 Å². The van der Waals surface area contributed by atoms with Gasteiger partial charge in [-0.25, -0.2) is 0 Å². The Hall–Kier alpha value is -0.496. The molecule has 0 radical (unpaired) electrons. The summed E-state index contributed by atoms with van der Waals surface area (Å²) in [7, 11) is -4.04. The second-order valence-corrected chi connectivity index (χ2v) is 25.0. The second-order valence-electron chi connectivity index (χ2n) is 15.5. The van der Waals surface area contributed by atoms with E-state index in [1.807, 2.05) is 0 Å². The number of aldehydes is 1. The van der Waals surface area contributed by atoms with Gasteiger partial charge in [0.2, 0.25) is 0 Å². The molecule has 0 unspecified atom stereocenters. The van der Waals surface area contributed by atoms with Gasteiger partial charge >= 0.3 is 0 Å². The predicted octanol–water partition coefficient (Wildman–Crippen LogP) is 9.18. The van der Waals surface area contributed by atoms with Crippen LogP contribution in [0, 0.1) is 29.1 Å². The van der Waals surface area contributed by atoms with Gasteiger partial charge in [0.1, 0.15) is 6.29 Å². The lowest BCUT2D eigenvalue weighted by Gasteiger charge is -2.60. The van der Waals surface area contributed by atoms with E-state index in [9.17, 15) is 4.79 Å². The van der Waals surface area contributed by atoms with Crippen LogP contribution in [-0.2, 0) is 13.6 Å². The van der Waals surface area contributed by atoms with Crippen molar-refractivity contribution in [3.63, 3.8) is 0 Å². The summed E-state index contributed by atoms with van der Waals surface area (Å²) in [5.74, 6) is 0.543. The van der Waals surface area contributed by atoms with Crippen molar-refractivity contribution in [1.82, 2.24) is 0 Å². The van der Waals surface area contributed by atoms with Crippen molar-refractivity contribution >= 4 is 22.9 Å². The van der Waals surface area contributed by atoms with Crippen molar-refractivity contribution in [2.45, 2.75) is 138 Å². The molecule has 0 aromatic heterocycles. The minimum absolute atomic E-state index is 0.0414. The van der Waals surface area contributed by atoms with E-state index in [0.717, 1.165) is 6.42 Å². The average Bonchev–Trinajstić information content (AvgIpc) is 2.68. The molecule has 0 amide bonds. The zero-order chi connectivity index (χ0) is 28.2. The van der Waals surface area contributed by atoms with Gasteiger partial charge in [-0.05, 0) is 82.2 Å². The van der Waals surface area contributed by atoms with Crippen LogP contribution in [0.5, 0.6) is 0 Å². The Morgan fingerprint density at radius 2 is 1.44 bits per heavy atom. The summed E-state index contributed by atoms with van der Waals surface area (Å²) in [5.41, 5.74) is 3.78. The Morgan fingerprint density at radius 1 is 0.972 bits per heavy atom. The highest BCUT2D eigenvalue weighted by molar-refractivity contribution is 6.74. The molecule has 3 nitrogen and oxygen atoms in total. The largest absolute Gasteiger partial charge is 0.414 e. The molecule has 7 atom stereocenters. The third-order valence-corrected chi connectivity index (χ3v) is 19.7. The molecule has 2 aliphatic carbocycles. The highest BCUT2D eigenvalue weighted by Crippen LogP contribution is 2.59. The summed E-state index contributed by atoms with van der Waals surface area (Å²) in [6.07, 6.45) is 4.81. The molecular formula is C31H58O3Si2. The number of carbonyl (C=O) groups excluding carboxylic acids is 1. The summed E-state index contributed by atoms with van der Waals surface area (Å²) < 4.78 is 14.4. The van der Waals surface area contributed by atoms with Gasteiger partial charge in [0, 0.05) is 17.3 Å². The first-order valence-corrected chi connectivity index (χ1v) is 20.0. The summed E-state index contributed by atoms with van der Waals surface area (Å²) in [6.45, 7) is 36.9. The highest BCUT2D eigenvalue weighted by Gasteiger charge is 2.59. The van der Waals surface area contributed by atoms with Crippen LogP contribution < -0.4 is 0 Å². The normalized spacial score (nSPS) is 34.1. The molecule has 2 rings (SSSR count). The lowest BCUT2D eigenvalue weighted by atomic mass is 9.50. The minimum atomic E-state index is -2.04. The van der Waals surface area contributed by atoms with Crippen molar-refractivity contribution in [3.05, 3.63) is 22.8 Å². The van der Waals surface area contributed by atoms with Gasteiger partial charge in [0.25, 0.3) is 0 Å². The van der Waals surface area contributed by atoms with Crippen LogP contribution >= 0.6 is 0 Å². The van der Waals surface area contributed by atoms with Gasteiger partial charge in [-0.2, -0.15) is 0 Å². The van der Waals surface area contributed by atoms with E-state index >= 15 is 0 Å². The van der Waals surface area contributed by atoms with Gasteiger partial charge in [-0.1, -0.05) is 78.2 Å². The summed E-state index contributed by atoms with van der Waals surface area (Å²) in [5, 5.41) is 0.258. The van der Waals surface area contributed by atoms with E-state index in [2.05, 4.69) is 115 Å². The van der Waals surface area contributed by atoms with Gasteiger partial charge in [0.05, 0.1) is 12.2 Å². The van der Waals surface area contributed by atoms with Crippen molar-refractivity contribution in [3.8, 4) is 0 Å². The van der Waals surface area contributed by atoms with Crippen LogP contribution in [0.2, 0.25) is 36.3 Å². The number of fused-ring (bicyclic) bond motifs is 1. The molecule has 0 heterocycles. The predicted molar refractivity (Wildman–Crippen MR) is 160 cm³/mol. The van der Waals surface area contributed by atoms with Crippen LogP contribution in [0.4, 0.5) is 0 Å². The number of hydrogen-bond acceptors (Lipinski definition) is 3. The van der Waals surface area contributed by atoms with Crippen LogP contribution in [-0.4, -0.2) is 35.1 Å². The molecular weight excluding hydrogens is 477 g/mol. The van der Waals surface area contributed by atoms with Crippen molar-refractivity contribution in [2.24, 2.45) is 29.1 Å². The van der Waals surface area contributed by atoms with Crippen LogP contribution in [0.25, 0.3) is 0 Å². The van der Waals surface area contributed by atoms with Crippen molar-refractivity contribution in [2.75, 3.05) is 0 Å². The van der Waals surface area contributed by atoms with Crippen LogP contribution in [0.3, 0.4) is 0 Å². The molecule has 208 valence electrons. The Labute approximate surface area is 226 Å². The third-order valence-electron chi connectivity index (χ3n) is 10.7. The van der Waals surface area contributed by atoms with Crippen LogP contribution in [0.15, 0.2) is 22.8 Å². The molecule has 36 heavy (non-hydrogen) atoms. The summed E-state index contributed by atoms with van der Waals surface area (Å²) in [4.78, 5) is 13.0. The van der Waals surface area contributed by atoms with Gasteiger partial charge < -0.3 is 13.6 Å². The standard InChI is InChI=1S/C31H58O3Si2/c1-20(2)22(4)27-21(3)18-31(12)26(34-36(15,16)30(9,10)11)17-25(23(5)28(31)24(27)19-32)33-35(13,14)29(6,7)8/h18-19,23-28H,17H2,1-16H3/t23-,24-,25+,26+,27-,28+,31+/m0/s1. The molecule has 0 aromatic carbocycles. The third kappa shape index (κ3) is 5.74. The first-order chi connectivity index (χ1) is 16.0. The van der Waals surface area contributed by atoms with Crippen molar-refractivity contribution in [1.29, 1.82) is 0 Å². The molecule has 0 bridgehead atoms. The fourth-order valence-corrected chi connectivity index (χ4v) is 9.10. The fourth-order valence-electron chi connectivity index (χ4n) is 6.26. The molecule has 0 N–H and O–H groups in total. The van der Waals surface area contributed by atoms with Crippen molar-refractivity contribution < 1.29 is 13.6 Å². The zero-order valence-electron chi connectivity index (χ0n) is 26.6.